The van der Waals surface area contributed by atoms with E-state index in [4.69, 9.17) is 0 Å². The van der Waals surface area contributed by atoms with Crippen LogP contribution in [-0.4, -0.2) is 38.7 Å². The maximum atomic E-state index is 12.5. The van der Waals surface area contributed by atoms with Gasteiger partial charge in [0.2, 0.25) is 0 Å². The molecule has 3 aromatic rings. The van der Waals surface area contributed by atoms with E-state index in [0.29, 0.717) is 18.8 Å². The van der Waals surface area contributed by atoms with Crippen molar-refractivity contribution in [3.63, 3.8) is 0 Å². The fraction of sp³-hybridized carbons (Fsp3) is 0.188. The number of hydrogen-bond acceptors (Lipinski definition) is 3. The van der Waals surface area contributed by atoms with Crippen molar-refractivity contribution in [2.45, 2.75) is 6.04 Å². The van der Waals surface area contributed by atoms with E-state index in [1.807, 2.05) is 41.2 Å². The normalized spacial score (nSPS) is 15.0. The van der Waals surface area contributed by atoms with Gasteiger partial charge in [0.05, 0.1) is 22.2 Å². The number of hydrogen-bond donors (Lipinski definition) is 0. The van der Waals surface area contributed by atoms with Gasteiger partial charge in [0, 0.05) is 24.7 Å². The number of aromatic nitrogens is 3. The molecule has 1 amide bonds. The molecule has 0 spiro atoms. The number of likely N-dealkylation sites (tertiary alicyclic amines) is 1. The molecule has 0 aliphatic carbocycles. The number of benzene rings is 1. The van der Waals surface area contributed by atoms with Crippen LogP contribution in [0, 0.1) is 0 Å². The molecular formula is C16H13BrN4O. The molecule has 110 valence electrons. The van der Waals surface area contributed by atoms with Crippen LogP contribution in [0.2, 0.25) is 0 Å². The molecule has 1 aliphatic heterocycles. The van der Waals surface area contributed by atoms with Crippen molar-refractivity contribution in [1.29, 1.82) is 0 Å². The Morgan fingerprint density at radius 2 is 2.00 bits per heavy atom. The van der Waals surface area contributed by atoms with E-state index in [1.165, 1.54) is 0 Å². The van der Waals surface area contributed by atoms with Crippen LogP contribution >= 0.6 is 15.9 Å². The molecule has 1 fully saturated rings. The molecule has 22 heavy (non-hydrogen) atoms. The second-order valence-corrected chi connectivity index (χ2v) is 6.31. The lowest BCUT2D eigenvalue weighted by Crippen LogP contribution is -2.51. The molecule has 1 aliphatic rings. The summed E-state index contributed by atoms with van der Waals surface area (Å²) >= 11 is 3.38. The van der Waals surface area contributed by atoms with Crippen LogP contribution in [-0.2, 0) is 0 Å². The lowest BCUT2D eigenvalue weighted by atomic mass is 10.1. The number of rotatable bonds is 2. The molecule has 1 saturated heterocycles. The van der Waals surface area contributed by atoms with Crippen LogP contribution in [0.3, 0.4) is 0 Å². The average Bonchev–Trinajstić information content (AvgIpc) is 2.91. The summed E-state index contributed by atoms with van der Waals surface area (Å²) in [7, 11) is 0. The molecule has 2 aromatic heterocycles. The Kier molecular flexibility index (Phi) is 3.18. The second-order valence-electron chi connectivity index (χ2n) is 5.39. The van der Waals surface area contributed by atoms with Crippen molar-refractivity contribution in [2.75, 3.05) is 13.1 Å². The van der Waals surface area contributed by atoms with Crippen molar-refractivity contribution in [3.8, 4) is 0 Å². The van der Waals surface area contributed by atoms with E-state index in [9.17, 15) is 4.79 Å². The zero-order valence-corrected chi connectivity index (χ0v) is 13.3. The smallest absolute Gasteiger partial charge is 0.272 e. The molecule has 1 aromatic carbocycles. The minimum Gasteiger partial charge on any atom is -0.333 e. The number of amides is 1. The van der Waals surface area contributed by atoms with Gasteiger partial charge in [-0.1, -0.05) is 24.3 Å². The van der Waals surface area contributed by atoms with E-state index in [-0.39, 0.29) is 11.9 Å². The first-order valence-corrected chi connectivity index (χ1v) is 7.85. The lowest BCUT2D eigenvalue weighted by molar-refractivity contribution is 0.0496. The van der Waals surface area contributed by atoms with Gasteiger partial charge in [-0.25, -0.2) is 4.98 Å². The third-order valence-electron chi connectivity index (χ3n) is 3.91. The highest BCUT2D eigenvalue weighted by atomic mass is 79.9. The van der Waals surface area contributed by atoms with Crippen LogP contribution in [0.15, 0.2) is 53.3 Å². The van der Waals surface area contributed by atoms with Crippen molar-refractivity contribution in [1.82, 2.24) is 19.7 Å². The highest BCUT2D eigenvalue weighted by Crippen LogP contribution is 2.24. The van der Waals surface area contributed by atoms with Crippen LogP contribution < -0.4 is 0 Å². The largest absolute Gasteiger partial charge is 0.333 e. The Morgan fingerprint density at radius 3 is 2.77 bits per heavy atom. The first-order chi connectivity index (χ1) is 10.7. The Labute approximate surface area is 135 Å². The number of pyridine rings is 1. The first kappa shape index (κ1) is 13.5. The summed E-state index contributed by atoms with van der Waals surface area (Å²) in [4.78, 5) is 18.7. The number of carbonyl (C=O) groups excluding carboxylic acids is 1. The van der Waals surface area contributed by atoms with Gasteiger partial charge >= 0.3 is 0 Å². The summed E-state index contributed by atoms with van der Waals surface area (Å²) < 4.78 is 2.84. The Balaban J connectivity index is 1.50. The summed E-state index contributed by atoms with van der Waals surface area (Å²) in [5, 5.41) is 5.30. The topological polar surface area (TPSA) is 51.0 Å². The third-order valence-corrected chi connectivity index (χ3v) is 4.32. The Bertz CT molecular complexity index is 854. The summed E-state index contributed by atoms with van der Waals surface area (Å²) in [5.74, 6) is -0.0202. The molecule has 0 radical (unpaired) electrons. The van der Waals surface area contributed by atoms with Crippen LogP contribution in [0.1, 0.15) is 16.5 Å². The minimum atomic E-state index is -0.0202. The maximum Gasteiger partial charge on any atom is 0.272 e. The predicted molar refractivity (Wildman–Crippen MR) is 86.6 cm³/mol. The van der Waals surface area contributed by atoms with Crippen LogP contribution in [0.25, 0.3) is 10.9 Å². The van der Waals surface area contributed by atoms with Gasteiger partial charge in [0.1, 0.15) is 5.69 Å². The quantitative estimate of drug-likeness (QED) is 0.709. The van der Waals surface area contributed by atoms with Crippen LogP contribution in [0.5, 0.6) is 0 Å². The SMILES string of the molecule is O=C(c1ccc2ccccc2n1)N1CC(n2cc(Br)cn2)C1. The highest BCUT2D eigenvalue weighted by molar-refractivity contribution is 9.10. The molecule has 0 saturated carbocycles. The molecule has 5 nitrogen and oxygen atoms in total. The van der Waals surface area contributed by atoms with Gasteiger partial charge in [-0.05, 0) is 28.1 Å². The highest BCUT2D eigenvalue weighted by Gasteiger charge is 2.33. The number of fused-ring (bicyclic) bond motifs is 1. The summed E-state index contributed by atoms with van der Waals surface area (Å²) in [6, 6.07) is 11.8. The third kappa shape index (κ3) is 2.29. The van der Waals surface area contributed by atoms with E-state index in [2.05, 4.69) is 26.0 Å². The van der Waals surface area contributed by atoms with Crippen molar-refractivity contribution >= 4 is 32.7 Å². The fourth-order valence-corrected chi connectivity index (χ4v) is 2.95. The average molecular weight is 357 g/mol. The van der Waals surface area contributed by atoms with Crippen LogP contribution in [0.4, 0.5) is 0 Å². The number of carbonyl (C=O) groups is 1. The molecule has 0 unspecified atom stereocenters. The second kappa shape index (κ2) is 5.21. The molecule has 0 N–H and O–H groups in total. The lowest BCUT2D eigenvalue weighted by Gasteiger charge is -2.38. The molecular weight excluding hydrogens is 344 g/mol. The number of nitrogens with zero attached hydrogens (tertiary/aromatic N) is 4. The maximum absolute atomic E-state index is 12.5. The van der Waals surface area contributed by atoms with Gasteiger partial charge in [-0.15, -0.1) is 0 Å². The number of para-hydroxylation sites is 1. The van der Waals surface area contributed by atoms with Gasteiger partial charge in [0.25, 0.3) is 5.91 Å². The van der Waals surface area contributed by atoms with Gasteiger partial charge < -0.3 is 4.90 Å². The van der Waals surface area contributed by atoms with E-state index in [1.54, 1.807) is 17.2 Å². The van der Waals surface area contributed by atoms with E-state index in [0.717, 1.165) is 15.4 Å². The Morgan fingerprint density at radius 1 is 1.18 bits per heavy atom. The summed E-state index contributed by atoms with van der Waals surface area (Å²) in [5.41, 5.74) is 1.35. The predicted octanol–water partition coefficient (Wildman–Crippen LogP) is 2.89. The molecule has 3 heterocycles. The molecule has 0 atom stereocenters. The summed E-state index contributed by atoms with van der Waals surface area (Å²) in [6.45, 7) is 1.34. The summed E-state index contributed by atoms with van der Waals surface area (Å²) in [6.07, 6.45) is 3.69. The molecule has 0 bridgehead atoms. The fourth-order valence-electron chi connectivity index (χ4n) is 2.65. The van der Waals surface area contributed by atoms with E-state index < -0.39 is 0 Å². The molecule has 4 rings (SSSR count). The standard InChI is InChI=1S/C16H13BrN4O/c17-12-7-18-21(8-12)13-9-20(10-13)16(22)15-6-5-11-3-1-2-4-14(11)19-15/h1-8,13H,9-10H2. The van der Waals surface area contributed by atoms with Gasteiger partial charge in [0.15, 0.2) is 0 Å². The monoisotopic (exact) mass is 356 g/mol. The van der Waals surface area contributed by atoms with Gasteiger partial charge in [-0.2, -0.15) is 5.10 Å². The van der Waals surface area contributed by atoms with Gasteiger partial charge in [-0.3, -0.25) is 9.48 Å². The van der Waals surface area contributed by atoms with Crippen molar-refractivity contribution < 1.29 is 4.79 Å². The molecule has 6 heteroatoms. The zero-order valence-electron chi connectivity index (χ0n) is 11.7. The minimum absolute atomic E-state index is 0.0202. The Hall–Kier alpha value is -2.21. The zero-order chi connectivity index (χ0) is 15.1. The number of halogens is 1. The van der Waals surface area contributed by atoms with Crippen molar-refractivity contribution in [3.05, 3.63) is 59.0 Å². The first-order valence-electron chi connectivity index (χ1n) is 7.05. The van der Waals surface area contributed by atoms with Crippen molar-refractivity contribution in [2.24, 2.45) is 0 Å². The van der Waals surface area contributed by atoms with E-state index >= 15 is 0 Å².